The number of furan rings is 1. The Balaban J connectivity index is 1.23. The molecule has 222 valence electrons. The highest BCUT2D eigenvalue weighted by molar-refractivity contribution is 7.99. The van der Waals surface area contributed by atoms with Gasteiger partial charge in [-0.15, -0.1) is 10.2 Å². The van der Waals surface area contributed by atoms with Crippen LogP contribution in [0.2, 0.25) is 0 Å². The highest BCUT2D eigenvalue weighted by Crippen LogP contribution is 2.34. The van der Waals surface area contributed by atoms with E-state index in [0.29, 0.717) is 23.2 Å². The molecule has 44 heavy (non-hydrogen) atoms. The van der Waals surface area contributed by atoms with Gasteiger partial charge in [0.1, 0.15) is 11.6 Å². The average molecular weight is 611 g/mol. The zero-order chi connectivity index (χ0) is 30.5. The van der Waals surface area contributed by atoms with E-state index in [4.69, 9.17) is 14.3 Å². The lowest BCUT2D eigenvalue weighted by molar-refractivity contribution is -0.130. The largest absolute Gasteiger partial charge is 0.497 e. The highest BCUT2D eigenvalue weighted by atomic mass is 32.2. The van der Waals surface area contributed by atoms with Gasteiger partial charge in [-0.1, -0.05) is 42.1 Å². The number of amides is 2. The van der Waals surface area contributed by atoms with Crippen molar-refractivity contribution in [3.63, 3.8) is 0 Å². The number of benzene rings is 3. The van der Waals surface area contributed by atoms with E-state index < -0.39 is 6.04 Å². The van der Waals surface area contributed by atoms with E-state index in [2.05, 4.69) is 15.5 Å². The zero-order valence-electron chi connectivity index (χ0n) is 23.6. The fraction of sp³-hybridized carbons (Fsp3) is 0.156. The number of nitrogens with one attached hydrogen (secondary N) is 1. The van der Waals surface area contributed by atoms with Gasteiger partial charge < -0.3 is 14.5 Å². The lowest BCUT2D eigenvalue weighted by atomic mass is 9.98. The molecular formula is C32H27FN6O4S. The quantitative estimate of drug-likeness (QED) is 0.210. The maximum atomic E-state index is 13.7. The van der Waals surface area contributed by atoms with Crippen LogP contribution in [-0.4, -0.2) is 50.2 Å². The fourth-order valence-corrected chi connectivity index (χ4v) is 5.66. The summed E-state index contributed by atoms with van der Waals surface area (Å²) in [6.07, 6.45) is 1.90. The van der Waals surface area contributed by atoms with E-state index in [0.717, 1.165) is 22.5 Å². The van der Waals surface area contributed by atoms with Crippen molar-refractivity contribution in [2.24, 2.45) is 5.10 Å². The van der Waals surface area contributed by atoms with Gasteiger partial charge in [0.2, 0.25) is 0 Å². The smallest absolute Gasteiger partial charge is 0.287 e. The summed E-state index contributed by atoms with van der Waals surface area (Å²) in [5.74, 6) is 0.419. The first kappa shape index (κ1) is 28.9. The predicted octanol–water partition coefficient (Wildman–Crippen LogP) is 5.41. The summed E-state index contributed by atoms with van der Waals surface area (Å²) >= 11 is 1.21. The Morgan fingerprint density at radius 1 is 1.00 bits per heavy atom. The number of hydrazone groups is 1. The van der Waals surface area contributed by atoms with E-state index >= 15 is 0 Å². The summed E-state index contributed by atoms with van der Waals surface area (Å²) in [4.78, 5) is 26.2. The molecule has 3 aromatic carbocycles. The number of hydrogen-bond donors (Lipinski definition) is 1. The second-order valence-corrected chi connectivity index (χ2v) is 10.7. The van der Waals surface area contributed by atoms with E-state index in [1.807, 2.05) is 54.6 Å². The number of carbonyl (C=O) groups excluding carboxylic acids is 2. The van der Waals surface area contributed by atoms with Gasteiger partial charge in [-0.05, 0) is 71.8 Å². The van der Waals surface area contributed by atoms with Crippen molar-refractivity contribution in [2.75, 3.05) is 12.9 Å². The topological polar surface area (TPSA) is 115 Å². The average Bonchev–Trinajstić information content (AvgIpc) is 3.84. The normalized spacial score (nSPS) is 14.4. The minimum Gasteiger partial charge on any atom is -0.497 e. The van der Waals surface area contributed by atoms with Crippen LogP contribution in [0.1, 0.15) is 40.0 Å². The van der Waals surface area contributed by atoms with Gasteiger partial charge in [0, 0.05) is 12.1 Å². The van der Waals surface area contributed by atoms with Crippen LogP contribution in [0.4, 0.5) is 4.39 Å². The summed E-state index contributed by atoms with van der Waals surface area (Å²) in [6.45, 7) is 0.0875. The third-order valence-electron chi connectivity index (χ3n) is 7.04. The predicted molar refractivity (Wildman–Crippen MR) is 162 cm³/mol. The molecule has 0 spiro atoms. The van der Waals surface area contributed by atoms with Crippen LogP contribution in [-0.2, 0) is 11.3 Å². The highest BCUT2D eigenvalue weighted by Gasteiger charge is 2.33. The molecule has 5 aromatic rings. The second kappa shape index (κ2) is 13.0. The van der Waals surface area contributed by atoms with Crippen LogP contribution < -0.4 is 10.1 Å². The number of aromatic nitrogens is 3. The van der Waals surface area contributed by atoms with Gasteiger partial charge in [0.15, 0.2) is 16.7 Å². The summed E-state index contributed by atoms with van der Waals surface area (Å²) in [5.41, 5.74) is 3.16. The molecule has 1 aliphatic heterocycles. The molecule has 0 bridgehead atoms. The number of nitrogens with zero attached hydrogens (tertiary/aromatic N) is 5. The molecule has 12 heteroatoms. The van der Waals surface area contributed by atoms with Crippen LogP contribution in [0, 0.1) is 5.82 Å². The number of rotatable bonds is 10. The lowest BCUT2D eigenvalue weighted by Gasteiger charge is -2.22. The standard InChI is InChI=1S/C32H27FN6O4S/c1-42-25-15-11-21(12-16-25)26-18-27(22-9-13-23(33)14-10-22)39(37-26)30(40)20-44-32-36-35-29(38(32)24-6-3-2-4-7-24)19-34-31(41)28-8-5-17-43-28/h2-17,27H,18-20H2,1H3,(H,34,41)/t27-/m0/s1. The third kappa shape index (κ3) is 6.25. The van der Waals surface area contributed by atoms with Crippen LogP contribution in [0.3, 0.4) is 0 Å². The molecular weight excluding hydrogens is 583 g/mol. The van der Waals surface area contributed by atoms with Crippen molar-refractivity contribution in [2.45, 2.75) is 24.2 Å². The molecule has 0 unspecified atom stereocenters. The molecule has 2 aromatic heterocycles. The Hall–Kier alpha value is -5.23. The monoisotopic (exact) mass is 610 g/mol. The molecule has 2 amide bonds. The number of halogens is 1. The van der Waals surface area contributed by atoms with Crippen molar-refractivity contribution < 1.29 is 23.1 Å². The summed E-state index contributed by atoms with van der Waals surface area (Å²) in [5, 5.41) is 18.1. The first-order valence-electron chi connectivity index (χ1n) is 13.7. The maximum absolute atomic E-state index is 13.7. The van der Waals surface area contributed by atoms with Gasteiger partial charge >= 0.3 is 0 Å². The molecule has 1 N–H and O–H groups in total. The fourth-order valence-electron chi connectivity index (χ4n) is 4.83. The summed E-state index contributed by atoms with van der Waals surface area (Å²) in [6, 6.07) is 25.9. The van der Waals surface area contributed by atoms with Crippen molar-refractivity contribution in [1.29, 1.82) is 0 Å². The van der Waals surface area contributed by atoms with E-state index in [1.165, 1.54) is 35.2 Å². The number of ether oxygens (including phenoxy) is 1. The van der Waals surface area contributed by atoms with Crippen molar-refractivity contribution in [3.8, 4) is 11.4 Å². The van der Waals surface area contributed by atoms with Gasteiger partial charge in [-0.2, -0.15) is 5.10 Å². The van der Waals surface area contributed by atoms with Gasteiger partial charge in [0.05, 0.1) is 37.4 Å². The maximum Gasteiger partial charge on any atom is 0.287 e. The van der Waals surface area contributed by atoms with Crippen LogP contribution >= 0.6 is 11.8 Å². The molecule has 10 nitrogen and oxygen atoms in total. The Morgan fingerprint density at radius 3 is 2.48 bits per heavy atom. The first-order chi connectivity index (χ1) is 21.5. The summed E-state index contributed by atoms with van der Waals surface area (Å²) in [7, 11) is 1.60. The lowest BCUT2D eigenvalue weighted by Crippen LogP contribution is -2.28. The summed E-state index contributed by atoms with van der Waals surface area (Å²) < 4.78 is 26.0. The Kier molecular flexibility index (Phi) is 8.50. The number of methoxy groups -OCH3 is 1. The van der Waals surface area contributed by atoms with Crippen LogP contribution in [0.25, 0.3) is 5.69 Å². The molecule has 0 saturated carbocycles. The van der Waals surface area contributed by atoms with Crippen molar-refractivity contribution >= 4 is 29.3 Å². The molecule has 6 rings (SSSR count). The minimum absolute atomic E-state index is 0.0147. The van der Waals surface area contributed by atoms with E-state index in [1.54, 1.807) is 35.9 Å². The Morgan fingerprint density at radius 2 is 1.77 bits per heavy atom. The van der Waals surface area contributed by atoms with Gasteiger partial charge in [-0.3, -0.25) is 14.2 Å². The van der Waals surface area contributed by atoms with Crippen molar-refractivity contribution in [1.82, 2.24) is 25.1 Å². The van der Waals surface area contributed by atoms with Crippen LogP contribution in [0.15, 0.2) is 112 Å². The number of carbonyl (C=O) groups is 2. The van der Waals surface area contributed by atoms with E-state index in [9.17, 15) is 14.0 Å². The number of thioether (sulfide) groups is 1. The van der Waals surface area contributed by atoms with Crippen molar-refractivity contribution in [3.05, 3.63) is 126 Å². The second-order valence-electron chi connectivity index (χ2n) is 9.80. The molecule has 0 aliphatic carbocycles. The Bertz CT molecular complexity index is 1770. The SMILES string of the molecule is COc1ccc(C2=NN(C(=O)CSc3nnc(CNC(=O)c4ccco4)n3-c3ccccc3)[C@H](c3ccc(F)cc3)C2)cc1. The van der Waals surface area contributed by atoms with Gasteiger partial charge in [0.25, 0.3) is 11.8 Å². The first-order valence-corrected chi connectivity index (χ1v) is 14.7. The molecule has 0 fully saturated rings. The van der Waals surface area contributed by atoms with Crippen LogP contribution in [0.5, 0.6) is 5.75 Å². The molecule has 3 heterocycles. The molecule has 1 aliphatic rings. The number of hydrogen-bond acceptors (Lipinski definition) is 8. The zero-order valence-corrected chi connectivity index (χ0v) is 24.4. The molecule has 0 radical (unpaired) electrons. The van der Waals surface area contributed by atoms with Gasteiger partial charge in [-0.25, -0.2) is 9.40 Å². The third-order valence-corrected chi connectivity index (χ3v) is 7.95. The van der Waals surface area contributed by atoms with E-state index in [-0.39, 0.29) is 35.7 Å². The number of para-hydroxylation sites is 1. The Labute approximate surface area is 256 Å². The molecule has 1 atom stereocenters. The minimum atomic E-state index is -0.403. The molecule has 0 saturated heterocycles.